The van der Waals surface area contributed by atoms with Crippen LogP contribution in [-0.4, -0.2) is 17.4 Å². The summed E-state index contributed by atoms with van der Waals surface area (Å²) in [6.07, 6.45) is 1.94. The second-order valence-electron chi connectivity index (χ2n) is 7.17. The first-order valence-corrected chi connectivity index (χ1v) is 9.52. The van der Waals surface area contributed by atoms with Gasteiger partial charge in [-0.3, -0.25) is 9.98 Å². The SMILES string of the molecule is N#Cc1cccc(C2=NCC(c3ccccc3)(c3cnc4ccccc4c3)N2)c1. The summed E-state index contributed by atoms with van der Waals surface area (Å²) in [5.41, 5.74) is 4.20. The van der Waals surface area contributed by atoms with Crippen molar-refractivity contribution < 1.29 is 0 Å². The van der Waals surface area contributed by atoms with Gasteiger partial charge in [0.2, 0.25) is 0 Å². The van der Waals surface area contributed by atoms with Gasteiger partial charge in [0.05, 0.1) is 23.7 Å². The topological polar surface area (TPSA) is 61.1 Å². The molecule has 0 radical (unpaired) electrons. The molecule has 1 N–H and O–H groups in total. The molecule has 5 rings (SSSR count). The quantitative estimate of drug-likeness (QED) is 0.578. The van der Waals surface area contributed by atoms with Crippen LogP contribution >= 0.6 is 0 Å². The number of hydrogen-bond donors (Lipinski definition) is 1. The predicted octanol–water partition coefficient (Wildman–Crippen LogP) is 4.40. The van der Waals surface area contributed by atoms with Gasteiger partial charge in [-0.15, -0.1) is 0 Å². The lowest BCUT2D eigenvalue weighted by Crippen LogP contribution is -2.44. The minimum absolute atomic E-state index is 0.504. The van der Waals surface area contributed by atoms with Crippen molar-refractivity contribution in [2.24, 2.45) is 4.99 Å². The molecular formula is C25H18N4. The lowest BCUT2D eigenvalue weighted by molar-refractivity contribution is 0.523. The van der Waals surface area contributed by atoms with Crippen LogP contribution in [0.25, 0.3) is 10.9 Å². The summed E-state index contributed by atoms with van der Waals surface area (Å²) in [6.45, 7) is 0.559. The van der Waals surface area contributed by atoms with E-state index in [0.717, 1.165) is 33.4 Å². The van der Waals surface area contributed by atoms with Crippen LogP contribution in [0, 0.1) is 11.3 Å². The summed E-state index contributed by atoms with van der Waals surface area (Å²) in [6, 6.07) is 30.4. The molecule has 0 bridgehead atoms. The van der Waals surface area contributed by atoms with E-state index in [9.17, 15) is 5.26 Å². The molecule has 0 saturated heterocycles. The number of fused-ring (bicyclic) bond motifs is 1. The molecule has 1 aliphatic heterocycles. The van der Waals surface area contributed by atoms with E-state index >= 15 is 0 Å². The first-order valence-electron chi connectivity index (χ1n) is 9.52. The zero-order valence-corrected chi connectivity index (χ0v) is 15.7. The molecule has 0 amide bonds. The average molecular weight is 374 g/mol. The normalized spacial score (nSPS) is 18.1. The maximum Gasteiger partial charge on any atom is 0.129 e. The van der Waals surface area contributed by atoms with E-state index in [2.05, 4.69) is 40.6 Å². The molecule has 4 heteroatoms. The number of nitriles is 1. The van der Waals surface area contributed by atoms with E-state index in [4.69, 9.17) is 4.99 Å². The fourth-order valence-electron chi connectivity index (χ4n) is 3.90. The summed E-state index contributed by atoms with van der Waals surface area (Å²) < 4.78 is 0. The summed E-state index contributed by atoms with van der Waals surface area (Å²) in [7, 11) is 0. The van der Waals surface area contributed by atoms with Crippen LogP contribution in [0.1, 0.15) is 22.3 Å². The Kier molecular flexibility index (Phi) is 4.07. The van der Waals surface area contributed by atoms with Gasteiger partial charge in [-0.1, -0.05) is 60.7 Å². The highest BCUT2D eigenvalue weighted by Crippen LogP contribution is 2.35. The van der Waals surface area contributed by atoms with Gasteiger partial charge in [-0.25, -0.2) is 0 Å². The predicted molar refractivity (Wildman–Crippen MR) is 115 cm³/mol. The Morgan fingerprint density at radius 1 is 0.862 bits per heavy atom. The summed E-state index contributed by atoms with van der Waals surface area (Å²) in [5.74, 6) is 0.791. The van der Waals surface area contributed by atoms with Crippen LogP contribution in [-0.2, 0) is 5.54 Å². The molecule has 138 valence electrons. The van der Waals surface area contributed by atoms with Crippen LogP contribution in [0.4, 0.5) is 0 Å². The monoisotopic (exact) mass is 374 g/mol. The Labute approximate surface area is 169 Å². The molecule has 0 aliphatic carbocycles. The first kappa shape index (κ1) is 17.2. The largest absolute Gasteiger partial charge is 0.355 e. The van der Waals surface area contributed by atoms with Crippen molar-refractivity contribution in [3.05, 3.63) is 113 Å². The van der Waals surface area contributed by atoms with Gasteiger partial charge in [0.1, 0.15) is 11.4 Å². The summed E-state index contributed by atoms with van der Waals surface area (Å²) >= 11 is 0. The van der Waals surface area contributed by atoms with E-state index < -0.39 is 5.54 Å². The van der Waals surface area contributed by atoms with Crippen LogP contribution < -0.4 is 5.32 Å². The average Bonchev–Trinajstić information content (AvgIpc) is 3.26. The number of rotatable bonds is 3. The molecule has 0 fully saturated rings. The van der Waals surface area contributed by atoms with Crippen LogP contribution in [0.5, 0.6) is 0 Å². The van der Waals surface area contributed by atoms with Crippen molar-refractivity contribution >= 4 is 16.7 Å². The van der Waals surface area contributed by atoms with Gasteiger partial charge in [-0.2, -0.15) is 5.26 Å². The summed E-state index contributed by atoms with van der Waals surface area (Å²) in [5, 5.41) is 14.0. The molecule has 1 aliphatic rings. The van der Waals surface area contributed by atoms with Gasteiger partial charge in [-0.05, 0) is 29.8 Å². The number of benzene rings is 3. The van der Waals surface area contributed by atoms with Crippen LogP contribution in [0.3, 0.4) is 0 Å². The number of nitrogens with one attached hydrogen (secondary N) is 1. The van der Waals surface area contributed by atoms with Gasteiger partial charge in [0.15, 0.2) is 0 Å². The van der Waals surface area contributed by atoms with Crippen molar-refractivity contribution in [3.8, 4) is 6.07 Å². The van der Waals surface area contributed by atoms with Gasteiger partial charge >= 0.3 is 0 Å². The molecule has 4 nitrogen and oxygen atoms in total. The maximum absolute atomic E-state index is 9.25. The van der Waals surface area contributed by atoms with Crippen molar-refractivity contribution in [3.63, 3.8) is 0 Å². The summed E-state index contributed by atoms with van der Waals surface area (Å²) in [4.78, 5) is 9.52. The van der Waals surface area contributed by atoms with Crippen molar-refractivity contribution in [2.45, 2.75) is 5.54 Å². The number of aromatic nitrogens is 1. The Morgan fingerprint density at radius 2 is 1.69 bits per heavy atom. The zero-order valence-electron chi connectivity index (χ0n) is 15.7. The van der Waals surface area contributed by atoms with Crippen LogP contribution in [0.15, 0.2) is 96.1 Å². The third-order valence-electron chi connectivity index (χ3n) is 5.42. The van der Waals surface area contributed by atoms with Gasteiger partial charge in [0, 0.05) is 22.7 Å². The Hall–Kier alpha value is -3.97. The number of para-hydroxylation sites is 1. The lowest BCUT2D eigenvalue weighted by Gasteiger charge is -2.31. The highest BCUT2D eigenvalue weighted by molar-refractivity contribution is 6.01. The van der Waals surface area contributed by atoms with Crippen molar-refractivity contribution in [1.82, 2.24) is 10.3 Å². The van der Waals surface area contributed by atoms with Gasteiger partial charge in [0.25, 0.3) is 0 Å². The molecule has 0 saturated carbocycles. The molecule has 1 unspecified atom stereocenters. The number of hydrogen-bond acceptors (Lipinski definition) is 4. The second-order valence-corrected chi connectivity index (χ2v) is 7.17. The van der Waals surface area contributed by atoms with Gasteiger partial charge < -0.3 is 5.32 Å². The van der Waals surface area contributed by atoms with E-state index in [0.29, 0.717) is 12.1 Å². The van der Waals surface area contributed by atoms with E-state index in [1.807, 2.05) is 60.8 Å². The van der Waals surface area contributed by atoms with Crippen LogP contribution in [0.2, 0.25) is 0 Å². The fourth-order valence-corrected chi connectivity index (χ4v) is 3.90. The third-order valence-corrected chi connectivity index (χ3v) is 5.42. The molecule has 3 aromatic carbocycles. The van der Waals surface area contributed by atoms with E-state index in [1.165, 1.54) is 0 Å². The number of aliphatic imine (C=N–C) groups is 1. The molecular weight excluding hydrogens is 356 g/mol. The minimum Gasteiger partial charge on any atom is -0.355 e. The Bertz CT molecular complexity index is 1270. The maximum atomic E-state index is 9.25. The highest BCUT2D eigenvalue weighted by Gasteiger charge is 2.39. The molecule has 29 heavy (non-hydrogen) atoms. The van der Waals surface area contributed by atoms with E-state index in [1.54, 1.807) is 6.07 Å². The second kappa shape index (κ2) is 6.88. The molecule has 2 heterocycles. The Morgan fingerprint density at radius 3 is 2.55 bits per heavy atom. The van der Waals surface area contributed by atoms with Crippen molar-refractivity contribution in [1.29, 1.82) is 5.26 Å². The highest BCUT2D eigenvalue weighted by atomic mass is 15.1. The fraction of sp³-hybridized carbons (Fsp3) is 0.0800. The van der Waals surface area contributed by atoms with E-state index in [-0.39, 0.29) is 0 Å². The zero-order chi connectivity index (χ0) is 19.7. The first-order chi connectivity index (χ1) is 14.3. The third kappa shape index (κ3) is 2.94. The molecule has 1 atom stereocenters. The molecule has 1 aromatic heterocycles. The standard InChI is InChI=1S/C25H18N4/c26-15-18-7-6-9-20(13-18)24-28-17-25(29-24,21-10-2-1-3-11-21)22-14-19-8-4-5-12-23(19)27-16-22/h1-14,16H,17H2,(H,28,29). The number of nitrogens with zero attached hydrogens (tertiary/aromatic N) is 3. The molecule has 0 spiro atoms. The number of amidine groups is 1. The minimum atomic E-state index is -0.504. The van der Waals surface area contributed by atoms with Crippen molar-refractivity contribution in [2.75, 3.05) is 6.54 Å². The Balaban J connectivity index is 1.62. The number of pyridine rings is 1. The lowest BCUT2D eigenvalue weighted by atomic mass is 9.83. The smallest absolute Gasteiger partial charge is 0.129 e. The molecule has 4 aromatic rings.